The van der Waals surface area contributed by atoms with Crippen LogP contribution in [0.25, 0.3) is 0 Å². The average Bonchev–Trinajstić information content (AvgIpc) is 2.69. The van der Waals surface area contributed by atoms with Gasteiger partial charge in [0, 0.05) is 53.0 Å². The van der Waals surface area contributed by atoms with Gasteiger partial charge in [-0.1, -0.05) is 12.1 Å². The van der Waals surface area contributed by atoms with Gasteiger partial charge in [-0.05, 0) is 49.3 Å². The average molecular weight is 488 g/mol. The molecule has 1 saturated heterocycles. The first-order valence-corrected chi connectivity index (χ1v) is 9.44. The Balaban J connectivity index is 0.00000364. The minimum absolute atomic E-state index is 0. The Kier molecular flexibility index (Phi) is 11.3. The van der Waals surface area contributed by atoms with E-state index in [-0.39, 0.29) is 29.9 Å². The zero-order valence-corrected chi connectivity index (χ0v) is 19.0. The molecular formula is C20H33IN4O2. The lowest BCUT2D eigenvalue weighted by Gasteiger charge is -2.26. The van der Waals surface area contributed by atoms with Gasteiger partial charge in [-0.25, -0.2) is 0 Å². The van der Waals surface area contributed by atoms with E-state index in [1.165, 1.54) is 19.3 Å². The van der Waals surface area contributed by atoms with Gasteiger partial charge in [0.15, 0.2) is 5.96 Å². The molecule has 1 fully saturated rings. The SMILES string of the molecule is CN=C(NCCc1cccc(C(=O)NC)c1)N(C)CCC1CCOCC1.I. The third-order valence-corrected chi connectivity index (χ3v) is 4.90. The van der Waals surface area contributed by atoms with Gasteiger partial charge in [0.25, 0.3) is 5.91 Å². The van der Waals surface area contributed by atoms with E-state index in [1.807, 2.05) is 31.3 Å². The molecule has 7 heteroatoms. The van der Waals surface area contributed by atoms with Gasteiger partial charge in [-0.15, -0.1) is 24.0 Å². The fourth-order valence-corrected chi connectivity index (χ4v) is 3.23. The van der Waals surface area contributed by atoms with E-state index in [1.54, 1.807) is 7.05 Å². The van der Waals surface area contributed by atoms with E-state index < -0.39 is 0 Å². The summed E-state index contributed by atoms with van der Waals surface area (Å²) in [7, 11) is 5.55. The van der Waals surface area contributed by atoms with Crippen LogP contribution < -0.4 is 10.6 Å². The van der Waals surface area contributed by atoms with Gasteiger partial charge >= 0.3 is 0 Å². The molecule has 6 nitrogen and oxygen atoms in total. The van der Waals surface area contributed by atoms with Gasteiger partial charge < -0.3 is 20.3 Å². The molecule has 0 radical (unpaired) electrons. The molecule has 0 unspecified atom stereocenters. The molecule has 1 heterocycles. The minimum Gasteiger partial charge on any atom is -0.381 e. The lowest BCUT2D eigenvalue weighted by Crippen LogP contribution is -2.40. The zero-order chi connectivity index (χ0) is 18.8. The van der Waals surface area contributed by atoms with Crippen LogP contribution in [0.1, 0.15) is 35.2 Å². The molecule has 0 aliphatic carbocycles. The molecule has 0 bridgehead atoms. The molecule has 2 N–H and O–H groups in total. The summed E-state index contributed by atoms with van der Waals surface area (Å²) in [5, 5.41) is 6.08. The summed E-state index contributed by atoms with van der Waals surface area (Å²) in [5.41, 5.74) is 1.84. The van der Waals surface area contributed by atoms with Crippen molar-refractivity contribution in [3.05, 3.63) is 35.4 Å². The van der Waals surface area contributed by atoms with Crippen LogP contribution in [-0.4, -0.2) is 64.2 Å². The van der Waals surface area contributed by atoms with E-state index in [0.29, 0.717) is 5.56 Å². The van der Waals surface area contributed by atoms with Crippen molar-refractivity contribution in [2.75, 3.05) is 47.4 Å². The Morgan fingerprint density at radius 1 is 1.33 bits per heavy atom. The first kappa shape index (κ1) is 23.7. The molecule has 1 amide bonds. The van der Waals surface area contributed by atoms with E-state index in [4.69, 9.17) is 4.74 Å². The predicted octanol–water partition coefficient (Wildman–Crippen LogP) is 2.53. The van der Waals surface area contributed by atoms with Crippen molar-refractivity contribution < 1.29 is 9.53 Å². The standard InChI is InChI=1S/C20H32N4O2.HI/c1-21-19(25)18-6-4-5-17(15-18)7-11-23-20(22-2)24(3)12-8-16-9-13-26-14-10-16;/h4-6,15-16H,7-14H2,1-3H3,(H,21,25)(H,22,23);1H. The van der Waals surface area contributed by atoms with Gasteiger partial charge in [0.2, 0.25) is 0 Å². The molecule has 1 aromatic rings. The van der Waals surface area contributed by atoms with Gasteiger partial charge in [0.05, 0.1) is 0 Å². The Labute approximate surface area is 180 Å². The van der Waals surface area contributed by atoms with E-state index in [0.717, 1.165) is 50.2 Å². The predicted molar refractivity (Wildman–Crippen MR) is 121 cm³/mol. The molecule has 1 aliphatic rings. The summed E-state index contributed by atoms with van der Waals surface area (Å²) in [4.78, 5) is 18.3. The summed E-state index contributed by atoms with van der Waals surface area (Å²) in [6, 6.07) is 7.75. The third kappa shape index (κ3) is 8.04. The lowest BCUT2D eigenvalue weighted by atomic mass is 9.96. The second kappa shape index (κ2) is 12.9. The highest BCUT2D eigenvalue weighted by Crippen LogP contribution is 2.18. The van der Waals surface area contributed by atoms with Crippen molar-refractivity contribution in [2.24, 2.45) is 10.9 Å². The van der Waals surface area contributed by atoms with Crippen LogP contribution in [0, 0.1) is 5.92 Å². The van der Waals surface area contributed by atoms with Crippen LogP contribution in [0.15, 0.2) is 29.3 Å². The van der Waals surface area contributed by atoms with Crippen molar-refractivity contribution in [1.82, 2.24) is 15.5 Å². The first-order chi connectivity index (χ1) is 12.6. The van der Waals surface area contributed by atoms with Crippen molar-refractivity contribution in [3.8, 4) is 0 Å². The number of nitrogens with zero attached hydrogens (tertiary/aromatic N) is 2. The van der Waals surface area contributed by atoms with Gasteiger partial charge in [0.1, 0.15) is 0 Å². The highest BCUT2D eigenvalue weighted by molar-refractivity contribution is 14.0. The number of carbonyl (C=O) groups is 1. The highest BCUT2D eigenvalue weighted by atomic mass is 127. The topological polar surface area (TPSA) is 66.0 Å². The fraction of sp³-hybridized carbons (Fsp3) is 0.600. The van der Waals surface area contributed by atoms with Crippen molar-refractivity contribution in [3.63, 3.8) is 0 Å². The highest BCUT2D eigenvalue weighted by Gasteiger charge is 2.15. The van der Waals surface area contributed by atoms with E-state index >= 15 is 0 Å². The van der Waals surface area contributed by atoms with E-state index in [2.05, 4.69) is 27.6 Å². The number of amides is 1. The number of guanidine groups is 1. The maximum atomic E-state index is 11.7. The molecule has 0 atom stereocenters. The summed E-state index contributed by atoms with van der Waals surface area (Å²) < 4.78 is 5.43. The van der Waals surface area contributed by atoms with E-state index in [9.17, 15) is 4.79 Å². The van der Waals surface area contributed by atoms with Crippen LogP contribution in [0.3, 0.4) is 0 Å². The van der Waals surface area contributed by atoms with Crippen LogP contribution in [0.2, 0.25) is 0 Å². The Bertz CT molecular complexity index is 603. The molecule has 152 valence electrons. The van der Waals surface area contributed by atoms with Crippen LogP contribution >= 0.6 is 24.0 Å². The number of rotatable bonds is 7. The molecule has 2 rings (SSSR count). The summed E-state index contributed by atoms with van der Waals surface area (Å²) in [5.74, 6) is 1.62. The Hall–Kier alpha value is -1.35. The van der Waals surface area contributed by atoms with Crippen LogP contribution in [-0.2, 0) is 11.2 Å². The van der Waals surface area contributed by atoms with Crippen molar-refractivity contribution in [2.45, 2.75) is 25.7 Å². The largest absolute Gasteiger partial charge is 0.381 e. The number of hydrogen-bond donors (Lipinski definition) is 2. The third-order valence-electron chi connectivity index (χ3n) is 4.90. The zero-order valence-electron chi connectivity index (χ0n) is 16.7. The maximum Gasteiger partial charge on any atom is 0.251 e. The van der Waals surface area contributed by atoms with Crippen molar-refractivity contribution >= 4 is 35.8 Å². The fourth-order valence-electron chi connectivity index (χ4n) is 3.23. The minimum atomic E-state index is -0.0523. The van der Waals surface area contributed by atoms with Gasteiger partial charge in [-0.3, -0.25) is 9.79 Å². The summed E-state index contributed by atoms with van der Waals surface area (Å²) in [6.07, 6.45) is 4.36. The number of benzene rings is 1. The molecule has 0 aromatic heterocycles. The molecule has 0 spiro atoms. The van der Waals surface area contributed by atoms with Crippen molar-refractivity contribution in [1.29, 1.82) is 0 Å². The molecule has 1 aromatic carbocycles. The molecule has 27 heavy (non-hydrogen) atoms. The smallest absolute Gasteiger partial charge is 0.251 e. The lowest BCUT2D eigenvalue weighted by molar-refractivity contribution is 0.0625. The quantitative estimate of drug-likeness (QED) is 0.352. The maximum absolute atomic E-state index is 11.7. The number of hydrogen-bond acceptors (Lipinski definition) is 3. The van der Waals surface area contributed by atoms with Crippen LogP contribution in [0.4, 0.5) is 0 Å². The second-order valence-electron chi connectivity index (χ2n) is 6.77. The molecular weight excluding hydrogens is 455 g/mol. The van der Waals surface area contributed by atoms with Crippen LogP contribution in [0.5, 0.6) is 0 Å². The number of aliphatic imine (C=N–C) groups is 1. The number of ether oxygens (including phenoxy) is 1. The molecule has 0 saturated carbocycles. The molecule has 1 aliphatic heterocycles. The number of halogens is 1. The summed E-state index contributed by atoms with van der Waals surface area (Å²) >= 11 is 0. The first-order valence-electron chi connectivity index (χ1n) is 9.44. The Morgan fingerprint density at radius 2 is 2.07 bits per heavy atom. The second-order valence-corrected chi connectivity index (χ2v) is 6.77. The normalized spacial score (nSPS) is 15.0. The monoisotopic (exact) mass is 488 g/mol. The Morgan fingerprint density at radius 3 is 2.74 bits per heavy atom. The number of carbonyl (C=O) groups excluding carboxylic acids is 1. The van der Waals surface area contributed by atoms with Gasteiger partial charge in [-0.2, -0.15) is 0 Å². The summed E-state index contributed by atoms with van der Waals surface area (Å²) in [6.45, 7) is 3.58. The number of nitrogens with one attached hydrogen (secondary N) is 2.